The molecule has 1 amide bonds. The second-order valence-corrected chi connectivity index (χ2v) is 6.62. The van der Waals surface area contributed by atoms with Gasteiger partial charge >= 0.3 is 0 Å². The van der Waals surface area contributed by atoms with Crippen molar-refractivity contribution in [1.82, 2.24) is 15.1 Å². The maximum Gasteiger partial charge on any atom is 0.221 e. The molecule has 2 aliphatic heterocycles. The van der Waals surface area contributed by atoms with Crippen molar-refractivity contribution in [3.63, 3.8) is 0 Å². The number of rotatable bonds is 5. The van der Waals surface area contributed by atoms with E-state index in [9.17, 15) is 4.79 Å². The fourth-order valence-electron chi connectivity index (χ4n) is 3.60. The zero-order valence-corrected chi connectivity index (χ0v) is 12.4. The van der Waals surface area contributed by atoms with E-state index in [0.29, 0.717) is 25.0 Å². The predicted octanol–water partition coefficient (Wildman–Crippen LogP) is 0.153. The van der Waals surface area contributed by atoms with Crippen LogP contribution >= 0.6 is 0 Å². The summed E-state index contributed by atoms with van der Waals surface area (Å²) >= 11 is 0. The van der Waals surface area contributed by atoms with Crippen LogP contribution in [0, 0.1) is 0 Å². The van der Waals surface area contributed by atoms with E-state index in [2.05, 4.69) is 15.1 Å². The summed E-state index contributed by atoms with van der Waals surface area (Å²) in [4.78, 5) is 17.1. The predicted molar refractivity (Wildman–Crippen MR) is 79.4 cm³/mol. The lowest BCUT2D eigenvalue weighted by Gasteiger charge is -2.46. The molecule has 3 aliphatic rings. The molecule has 0 aromatic heterocycles. The van der Waals surface area contributed by atoms with Gasteiger partial charge in [0.05, 0.1) is 0 Å². The third-order valence-electron chi connectivity index (χ3n) is 5.02. The molecule has 2 heterocycles. The zero-order chi connectivity index (χ0) is 13.9. The molecule has 1 aliphatic carbocycles. The summed E-state index contributed by atoms with van der Waals surface area (Å²) in [7, 11) is 0. The van der Waals surface area contributed by atoms with E-state index in [1.54, 1.807) is 0 Å². The normalized spacial score (nSPS) is 29.8. The van der Waals surface area contributed by atoms with Crippen LogP contribution in [0.15, 0.2) is 0 Å². The molecule has 5 nitrogen and oxygen atoms in total. The van der Waals surface area contributed by atoms with Crippen LogP contribution in [-0.2, 0) is 4.79 Å². The number of carbonyl (C=O) groups is 1. The van der Waals surface area contributed by atoms with Crippen molar-refractivity contribution < 1.29 is 4.79 Å². The summed E-state index contributed by atoms with van der Waals surface area (Å²) < 4.78 is 0. The highest BCUT2D eigenvalue weighted by Gasteiger charge is 2.33. The fourth-order valence-corrected chi connectivity index (χ4v) is 3.60. The average Bonchev–Trinajstić information content (AvgIpc) is 3.28. The second kappa shape index (κ2) is 6.41. The standard InChI is InChI=1S/C15H28N4O/c16-10-14(9-15(20)17-12-4-5-12)19-8-7-18-6-2-1-3-13(18)11-19/h12-14H,1-11,16H2,(H,17,20). The highest BCUT2D eigenvalue weighted by Crippen LogP contribution is 2.23. The minimum absolute atomic E-state index is 0.189. The van der Waals surface area contributed by atoms with Gasteiger partial charge in [0.1, 0.15) is 0 Å². The van der Waals surface area contributed by atoms with Gasteiger partial charge in [0.15, 0.2) is 0 Å². The first-order chi connectivity index (χ1) is 9.76. The Bertz CT molecular complexity index is 345. The molecule has 0 bridgehead atoms. The van der Waals surface area contributed by atoms with Gasteiger partial charge in [0, 0.05) is 50.7 Å². The largest absolute Gasteiger partial charge is 0.353 e. The number of nitrogens with two attached hydrogens (primary N) is 1. The van der Waals surface area contributed by atoms with Crippen molar-refractivity contribution in [1.29, 1.82) is 0 Å². The van der Waals surface area contributed by atoms with E-state index in [-0.39, 0.29) is 11.9 Å². The second-order valence-electron chi connectivity index (χ2n) is 6.62. The van der Waals surface area contributed by atoms with Crippen LogP contribution in [0.5, 0.6) is 0 Å². The third kappa shape index (κ3) is 3.51. The van der Waals surface area contributed by atoms with E-state index in [0.717, 1.165) is 32.5 Å². The van der Waals surface area contributed by atoms with E-state index in [4.69, 9.17) is 5.73 Å². The van der Waals surface area contributed by atoms with Gasteiger partial charge in [-0.05, 0) is 32.2 Å². The average molecular weight is 280 g/mol. The van der Waals surface area contributed by atoms with Gasteiger partial charge < -0.3 is 11.1 Å². The summed E-state index contributed by atoms with van der Waals surface area (Å²) in [6.45, 7) is 5.15. The van der Waals surface area contributed by atoms with Crippen molar-refractivity contribution in [2.45, 2.75) is 56.7 Å². The van der Waals surface area contributed by atoms with Crippen LogP contribution in [0.3, 0.4) is 0 Å². The molecule has 0 aromatic rings. The van der Waals surface area contributed by atoms with Gasteiger partial charge in [-0.15, -0.1) is 0 Å². The number of carbonyl (C=O) groups excluding carboxylic acids is 1. The number of piperazine rings is 1. The summed E-state index contributed by atoms with van der Waals surface area (Å²) in [5, 5.41) is 3.08. The maximum absolute atomic E-state index is 12.0. The van der Waals surface area contributed by atoms with Gasteiger partial charge in [-0.25, -0.2) is 0 Å². The van der Waals surface area contributed by atoms with Crippen molar-refractivity contribution in [2.24, 2.45) is 5.73 Å². The van der Waals surface area contributed by atoms with Gasteiger partial charge in [-0.1, -0.05) is 6.42 Å². The lowest BCUT2D eigenvalue weighted by Crippen LogP contribution is -2.58. The minimum Gasteiger partial charge on any atom is -0.353 e. The van der Waals surface area contributed by atoms with E-state index >= 15 is 0 Å². The van der Waals surface area contributed by atoms with Crippen molar-refractivity contribution in [3.8, 4) is 0 Å². The molecule has 2 saturated heterocycles. The lowest BCUT2D eigenvalue weighted by molar-refractivity contribution is -0.122. The molecule has 3 N–H and O–H groups in total. The fraction of sp³-hybridized carbons (Fsp3) is 0.933. The molecule has 2 atom stereocenters. The van der Waals surface area contributed by atoms with E-state index in [1.807, 2.05) is 0 Å². The van der Waals surface area contributed by atoms with Crippen molar-refractivity contribution >= 4 is 5.91 Å². The van der Waals surface area contributed by atoms with Gasteiger partial charge in [0.2, 0.25) is 5.91 Å². The highest BCUT2D eigenvalue weighted by molar-refractivity contribution is 5.77. The molecule has 0 spiro atoms. The molecular formula is C15H28N4O. The first-order valence-corrected chi connectivity index (χ1v) is 8.24. The number of nitrogens with one attached hydrogen (secondary N) is 1. The Morgan fingerprint density at radius 2 is 2.05 bits per heavy atom. The third-order valence-corrected chi connectivity index (χ3v) is 5.02. The Labute approximate surface area is 121 Å². The summed E-state index contributed by atoms with van der Waals surface area (Å²) in [6.07, 6.45) is 6.88. The Morgan fingerprint density at radius 3 is 2.80 bits per heavy atom. The molecule has 5 heteroatoms. The maximum atomic E-state index is 12.0. The van der Waals surface area contributed by atoms with Crippen LogP contribution in [0.25, 0.3) is 0 Å². The monoisotopic (exact) mass is 280 g/mol. The quantitative estimate of drug-likeness (QED) is 0.753. The van der Waals surface area contributed by atoms with Gasteiger partial charge in [-0.3, -0.25) is 14.6 Å². The summed E-state index contributed by atoms with van der Waals surface area (Å²) in [5.41, 5.74) is 5.93. The van der Waals surface area contributed by atoms with Gasteiger partial charge in [0.25, 0.3) is 0 Å². The lowest BCUT2D eigenvalue weighted by atomic mass is 9.98. The van der Waals surface area contributed by atoms with Crippen LogP contribution in [0.1, 0.15) is 38.5 Å². The zero-order valence-electron chi connectivity index (χ0n) is 12.4. The van der Waals surface area contributed by atoms with E-state index < -0.39 is 0 Å². The molecule has 3 fully saturated rings. The number of hydrogen-bond acceptors (Lipinski definition) is 4. The molecule has 0 aromatic carbocycles. The van der Waals surface area contributed by atoms with Gasteiger partial charge in [-0.2, -0.15) is 0 Å². The first-order valence-electron chi connectivity index (χ1n) is 8.24. The molecular weight excluding hydrogens is 252 g/mol. The Balaban J connectivity index is 1.51. The van der Waals surface area contributed by atoms with E-state index in [1.165, 1.54) is 25.8 Å². The van der Waals surface area contributed by atoms with Crippen LogP contribution in [0.4, 0.5) is 0 Å². The molecule has 2 unspecified atom stereocenters. The number of amides is 1. The van der Waals surface area contributed by atoms with Crippen molar-refractivity contribution in [3.05, 3.63) is 0 Å². The number of nitrogens with zero attached hydrogens (tertiary/aromatic N) is 2. The topological polar surface area (TPSA) is 61.6 Å². The number of fused-ring (bicyclic) bond motifs is 1. The van der Waals surface area contributed by atoms with Crippen LogP contribution in [0.2, 0.25) is 0 Å². The summed E-state index contributed by atoms with van der Waals surface area (Å²) in [5.74, 6) is 0.189. The molecule has 0 radical (unpaired) electrons. The molecule has 114 valence electrons. The molecule has 3 rings (SSSR count). The van der Waals surface area contributed by atoms with Crippen molar-refractivity contribution in [2.75, 3.05) is 32.7 Å². The van der Waals surface area contributed by atoms with Crippen LogP contribution < -0.4 is 11.1 Å². The molecule has 20 heavy (non-hydrogen) atoms. The Kier molecular flexibility index (Phi) is 4.58. The minimum atomic E-state index is 0.189. The number of hydrogen-bond donors (Lipinski definition) is 2. The number of piperidine rings is 1. The summed E-state index contributed by atoms with van der Waals surface area (Å²) in [6, 6.07) is 1.37. The Morgan fingerprint density at radius 1 is 1.20 bits per heavy atom. The molecule has 1 saturated carbocycles. The van der Waals surface area contributed by atoms with Crippen LogP contribution in [-0.4, -0.2) is 66.6 Å². The SMILES string of the molecule is NCC(CC(=O)NC1CC1)N1CCN2CCCCC2C1. The first kappa shape index (κ1) is 14.3. The smallest absolute Gasteiger partial charge is 0.221 e. The highest BCUT2D eigenvalue weighted by atomic mass is 16.1. The Hall–Kier alpha value is -0.650.